The smallest absolute Gasteiger partial charge is 0.258 e. The average Bonchev–Trinajstić information content (AvgIpc) is 2.74. The highest BCUT2D eigenvalue weighted by Gasteiger charge is 2.22. The van der Waals surface area contributed by atoms with Crippen molar-refractivity contribution in [1.29, 1.82) is 0 Å². The molecule has 1 unspecified atom stereocenters. The van der Waals surface area contributed by atoms with Gasteiger partial charge in [-0.25, -0.2) is 0 Å². The summed E-state index contributed by atoms with van der Waals surface area (Å²) in [7, 11) is 0. The van der Waals surface area contributed by atoms with Crippen molar-refractivity contribution in [2.75, 3.05) is 26.2 Å². The summed E-state index contributed by atoms with van der Waals surface area (Å²) in [5, 5.41) is 3.09. The summed E-state index contributed by atoms with van der Waals surface area (Å²) in [5.74, 6) is 1.14. The van der Waals surface area contributed by atoms with Gasteiger partial charge < -0.3 is 10.1 Å². The number of hydrogen-bond donors (Lipinski definition) is 1. The van der Waals surface area contributed by atoms with Crippen molar-refractivity contribution in [3.63, 3.8) is 0 Å². The van der Waals surface area contributed by atoms with Crippen molar-refractivity contribution in [3.8, 4) is 5.75 Å². The number of likely N-dealkylation sites (tertiary alicyclic amines) is 1. The van der Waals surface area contributed by atoms with Gasteiger partial charge in [0.2, 0.25) is 0 Å². The van der Waals surface area contributed by atoms with Crippen molar-refractivity contribution in [2.45, 2.75) is 52.0 Å². The Morgan fingerprint density at radius 1 is 0.967 bits per heavy atom. The first-order valence-electron chi connectivity index (χ1n) is 10.8. The minimum Gasteiger partial charge on any atom is -0.484 e. The first kappa shape index (κ1) is 24.2. The molecule has 5 heteroatoms. The number of carbonyl (C=O) groups is 1. The number of hydrogen-bond acceptors (Lipinski definition) is 3. The van der Waals surface area contributed by atoms with Crippen molar-refractivity contribution in [1.82, 2.24) is 10.2 Å². The van der Waals surface area contributed by atoms with Crippen LogP contribution in [-0.4, -0.2) is 37.0 Å². The molecule has 0 spiro atoms. The molecular formula is C25H35ClN2O2. The molecule has 1 N–H and O–H groups in total. The van der Waals surface area contributed by atoms with Gasteiger partial charge in [-0.2, -0.15) is 0 Å². The number of piperidine rings is 1. The zero-order chi connectivity index (χ0) is 20.6. The van der Waals surface area contributed by atoms with Crippen LogP contribution in [0.25, 0.3) is 0 Å². The Labute approximate surface area is 187 Å². The van der Waals surface area contributed by atoms with Crippen LogP contribution in [0.15, 0.2) is 48.5 Å². The van der Waals surface area contributed by atoms with Crippen molar-refractivity contribution >= 4 is 18.3 Å². The van der Waals surface area contributed by atoms with Crippen LogP contribution in [0.5, 0.6) is 5.75 Å². The van der Waals surface area contributed by atoms with Gasteiger partial charge in [0.1, 0.15) is 5.75 Å². The lowest BCUT2D eigenvalue weighted by Gasteiger charge is -2.35. The Kier molecular flexibility index (Phi) is 9.67. The highest BCUT2D eigenvalue weighted by molar-refractivity contribution is 5.85. The number of amides is 1. The van der Waals surface area contributed by atoms with Crippen LogP contribution in [0.1, 0.15) is 61.8 Å². The SMILES string of the molecule is Cc1ccc(C(CNC(=O)COc2ccc(C(C)C)cc2)N2CCCCC2)cc1.Cl. The molecule has 1 saturated heterocycles. The first-order valence-corrected chi connectivity index (χ1v) is 10.8. The molecule has 0 aliphatic carbocycles. The van der Waals surface area contributed by atoms with Gasteiger partial charge in [0.25, 0.3) is 5.91 Å². The fourth-order valence-corrected chi connectivity index (χ4v) is 3.84. The van der Waals surface area contributed by atoms with Gasteiger partial charge in [-0.3, -0.25) is 9.69 Å². The number of carbonyl (C=O) groups excluding carboxylic acids is 1. The number of rotatable bonds is 8. The minimum absolute atomic E-state index is 0. The van der Waals surface area contributed by atoms with Crippen LogP contribution in [-0.2, 0) is 4.79 Å². The summed E-state index contributed by atoms with van der Waals surface area (Å²) < 4.78 is 5.68. The number of ether oxygens (including phenoxy) is 1. The second kappa shape index (κ2) is 12.0. The fourth-order valence-electron chi connectivity index (χ4n) is 3.84. The molecular weight excluding hydrogens is 396 g/mol. The lowest BCUT2D eigenvalue weighted by Crippen LogP contribution is -2.41. The molecule has 1 amide bonds. The van der Waals surface area contributed by atoms with E-state index in [2.05, 4.69) is 67.4 Å². The lowest BCUT2D eigenvalue weighted by atomic mass is 10.0. The lowest BCUT2D eigenvalue weighted by molar-refractivity contribution is -0.123. The van der Waals surface area contributed by atoms with Crippen LogP contribution < -0.4 is 10.1 Å². The normalized spacial score (nSPS) is 15.3. The number of nitrogens with zero attached hydrogens (tertiary/aromatic N) is 1. The van der Waals surface area contributed by atoms with E-state index in [1.54, 1.807) is 0 Å². The Hall–Kier alpha value is -2.04. The van der Waals surface area contributed by atoms with E-state index in [0.717, 1.165) is 18.8 Å². The molecule has 2 aromatic carbocycles. The summed E-state index contributed by atoms with van der Waals surface area (Å²) in [4.78, 5) is 14.9. The van der Waals surface area contributed by atoms with E-state index >= 15 is 0 Å². The largest absolute Gasteiger partial charge is 0.484 e. The van der Waals surface area contributed by atoms with Gasteiger partial charge in [0, 0.05) is 6.54 Å². The molecule has 0 saturated carbocycles. The molecule has 4 nitrogen and oxygen atoms in total. The van der Waals surface area contributed by atoms with Gasteiger partial charge in [-0.05, 0) is 62.0 Å². The monoisotopic (exact) mass is 430 g/mol. The summed E-state index contributed by atoms with van der Waals surface area (Å²) in [6.07, 6.45) is 3.75. The first-order chi connectivity index (χ1) is 14.0. The zero-order valence-corrected chi connectivity index (χ0v) is 19.2. The molecule has 1 atom stereocenters. The maximum atomic E-state index is 12.4. The third-order valence-corrected chi connectivity index (χ3v) is 5.70. The van der Waals surface area contributed by atoms with E-state index in [1.165, 1.54) is 36.0 Å². The van der Waals surface area contributed by atoms with Gasteiger partial charge in [0.05, 0.1) is 6.04 Å². The molecule has 1 fully saturated rings. The molecule has 0 radical (unpaired) electrons. The van der Waals surface area contributed by atoms with E-state index in [0.29, 0.717) is 12.5 Å². The summed E-state index contributed by atoms with van der Waals surface area (Å²) in [6, 6.07) is 16.9. The van der Waals surface area contributed by atoms with Crippen molar-refractivity contribution < 1.29 is 9.53 Å². The van der Waals surface area contributed by atoms with Crippen LogP contribution in [0.4, 0.5) is 0 Å². The minimum atomic E-state index is -0.0768. The molecule has 2 aromatic rings. The molecule has 0 bridgehead atoms. The van der Waals surface area contributed by atoms with E-state index in [1.807, 2.05) is 12.1 Å². The predicted octanol–water partition coefficient (Wildman–Crippen LogP) is 5.26. The maximum absolute atomic E-state index is 12.4. The van der Waals surface area contributed by atoms with Crippen molar-refractivity contribution in [2.24, 2.45) is 0 Å². The second-order valence-corrected chi connectivity index (χ2v) is 8.34. The second-order valence-electron chi connectivity index (χ2n) is 8.34. The highest BCUT2D eigenvalue weighted by atomic mass is 35.5. The van der Waals surface area contributed by atoms with Gasteiger partial charge in [-0.1, -0.05) is 62.2 Å². The highest BCUT2D eigenvalue weighted by Crippen LogP contribution is 2.24. The molecule has 0 aromatic heterocycles. The van der Waals surface area contributed by atoms with E-state index in [-0.39, 0.29) is 31.0 Å². The Balaban J connectivity index is 0.00000320. The average molecular weight is 431 g/mol. The molecule has 1 aliphatic rings. The van der Waals surface area contributed by atoms with Crippen LogP contribution in [0.3, 0.4) is 0 Å². The van der Waals surface area contributed by atoms with E-state index < -0.39 is 0 Å². The van der Waals surface area contributed by atoms with E-state index in [9.17, 15) is 4.79 Å². The molecule has 3 rings (SSSR count). The van der Waals surface area contributed by atoms with Crippen LogP contribution in [0, 0.1) is 6.92 Å². The number of benzene rings is 2. The maximum Gasteiger partial charge on any atom is 0.258 e. The van der Waals surface area contributed by atoms with E-state index in [4.69, 9.17) is 4.74 Å². The molecule has 1 heterocycles. The van der Waals surface area contributed by atoms with Crippen molar-refractivity contribution in [3.05, 3.63) is 65.2 Å². The summed E-state index contributed by atoms with van der Waals surface area (Å²) >= 11 is 0. The number of nitrogens with one attached hydrogen (secondary N) is 1. The Morgan fingerprint density at radius 2 is 1.57 bits per heavy atom. The van der Waals surface area contributed by atoms with Gasteiger partial charge in [0.15, 0.2) is 6.61 Å². The summed E-state index contributed by atoms with van der Waals surface area (Å²) in [5.41, 5.74) is 3.79. The third kappa shape index (κ3) is 7.03. The quantitative estimate of drug-likeness (QED) is 0.620. The standard InChI is InChI=1S/C25H34N2O2.ClH/c1-19(2)21-11-13-23(14-12-21)29-18-25(28)26-17-24(27-15-5-4-6-16-27)22-9-7-20(3)8-10-22;/h7-14,19,24H,4-6,15-18H2,1-3H3,(H,26,28);1H. The van der Waals surface area contributed by atoms with Gasteiger partial charge >= 0.3 is 0 Å². The van der Waals surface area contributed by atoms with Crippen LogP contribution >= 0.6 is 12.4 Å². The van der Waals surface area contributed by atoms with Crippen LogP contribution in [0.2, 0.25) is 0 Å². The summed E-state index contributed by atoms with van der Waals surface area (Å²) in [6.45, 7) is 9.26. The Morgan fingerprint density at radius 3 is 2.17 bits per heavy atom. The fraction of sp³-hybridized carbons (Fsp3) is 0.480. The molecule has 1 aliphatic heterocycles. The topological polar surface area (TPSA) is 41.6 Å². The number of aryl methyl sites for hydroxylation is 1. The Bertz CT molecular complexity index is 769. The predicted molar refractivity (Wildman–Crippen MR) is 126 cm³/mol. The molecule has 164 valence electrons. The third-order valence-electron chi connectivity index (χ3n) is 5.70. The molecule has 30 heavy (non-hydrogen) atoms. The number of halogens is 1. The zero-order valence-electron chi connectivity index (χ0n) is 18.4. The van der Waals surface area contributed by atoms with Gasteiger partial charge in [-0.15, -0.1) is 12.4 Å².